The molecule has 2 aromatic rings. The number of nitrogens with one attached hydrogen (secondary N) is 1. The Morgan fingerprint density at radius 3 is 2.48 bits per heavy atom. The van der Waals surface area contributed by atoms with Gasteiger partial charge in [0.15, 0.2) is 11.5 Å². The van der Waals surface area contributed by atoms with Crippen LogP contribution in [0.5, 0.6) is 11.5 Å². The Bertz CT molecular complexity index is 710. The Balaban J connectivity index is 1.83. The molecular weight excluding hydrogens is 288 g/mol. The van der Waals surface area contributed by atoms with Crippen molar-refractivity contribution in [3.63, 3.8) is 0 Å². The Kier molecular flexibility index (Phi) is 3.85. The normalized spacial score (nSPS) is 13.1. The van der Waals surface area contributed by atoms with Crippen molar-refractivity contribution in [1.29, 1.82) is 5.26 Å². The van der Waals surface area contributed by atoms with Crippen molar-refractivity contribution in [2.24, 2.45) is 0 Å². The molecule has 0 saturated carbocycles. The molecule has 1 aliphatic heterocycles. The minimum absolute atomic E-state index is 0.428. The molecule has 3 rings (SSSR count). The maximum Gasteiger partial charge on any atom is 0.163 e. The molecule has 1 heterocycles. The molecule has 1 aliphatic rings. The van der Waals surface area contributed by atoms with E-state index in [0.717, 1.165) is 29.3 Å². The van der Waals surface area contributed by atoms with Crippen LogP contribution in [0.4, 0.5) is 11.4 Å². The average molecular weight is 301 g/mol. The molecule has 106 valence electrons. The van der Waals surface area contributed by atoms with Crippen molar-refractivity contribution in [2.75, 3.05) is 18.5 Å². The van der Waals surface area contributed by atoms with Crippen LogP contribution in [-0.2, 0) is 0 Å². The number of hydrogen-bond donors (Lipinski definition) is 1. The van der Waals surface area contributed by atoms with Gasteiger partial charge in [0.05, 0.1) is 23.8 Å². The zero-order valence-corrected chi connectivity index (χ0v) is 12.0. The van der Waals surface area contributed by atoms with E-state index in [0.29, 0.717) is 23.8 Å². The number of nitrogens with zero attached hydrogens (tertiary/aromatic N) is 1. The van der Waals surface area contributed by atoms with Crippen molar-refractivity contribution in [1.82, 2.24) is 0 Å². The van der Waals surface area contributed by atoms with E-state index < -0.39 is 0 Å². The van der Waals surface area contributed by atoms with Crippen molar-refractivity contribution < 1.29 is 9.47 Å². The lowest BCUT2D eigenvalue weighted by Crippen LogP contribution is -1.97. The number of benzene rings is 2. The first-order valence-electron chi connectivity index (χ1n) is 6.62. The van der Waals surface area contributed by atoms with E-state index in [2.05, 4.69) is 5.32 Å². The average Bonchev–Trinajstić information content (AvgIpc) is 2.72. The fourth-order valence-electron chi connectivity index (χ4n) is 2.09. The summed E-state index contributed by atoms with van der Waals surface area (Å²) in [5.74, 6) is 1.49. The van der Waals surface area contributed by atoms with Gasteiger partial charge >= 0.3 is 0 Å². The minimum atomic E-state index is 0.428. The first-order valence-corrected chi connectivity index (χ1v) is 7.00. The first-order chi connectivity index (χ1) is 10.3. The Hall–Kier alpha value is -2.38. The molecule has 1 N–H and O–H groups in total. The topological polar surface area (TPSA) is 54.3 Å². The molecule has 0 fully saturated rings. The van der Waals surface area contributed by atoms with Gasteiger partial charge in [-0.25, -0.2) is 0 Å². The summed E-state index contributed by atoms with van der Waals surface area (Å²) in [5.41, 5.74) is 2.15. The Morgan fingerprint density at radius 1 is 1.00 bits per heavy atom. The van der Waals surface area contributed by atoms with Crippen LogP contribution in [0, 0.1) is 11.3 Å². The van der Waals surface area contributed by atoms with E-state index in [1.807, 2.05) is 30.3 Å². The van der Waals surface area contributed by atoms with Crippen LogP contribution < -0.4 is 14.8 Å². The van der Waals surface area contributed by atoms with E-state index in [1.54, 1.807) is 12.1 Å². The van der Waals surface area contributed by atoms with Crippen molar-refractivity contribution in [3.05, 3.63) is 47.0 Å². The van der Waals surface area contributed by atoms with E-state index in [9.17, 15) is 0 Å². The number of halogens is 1. The van der Waals surface area contributed by atoms with Gasteiger partial charge in [0.25, 0.3) is 0 Å². The number of rotatable bonds is 2. The highest BCUT2D eigenvalue weighted by molar-refractivity contribution is 6.32. The van der Waals surface area contributed by atoms with Gasteiger partial charge in [-0.15, -0.1) is 0 Å². The largest absolute Gasteiger partial charge is 0.490 e. The molecule has 0 aromatic heterocycles. The summed E-state index contributed by atoms with van der Waals surface area (Å²) in [7, 11) is 0. The van der Waals surface area contributed by atoms with E-state index in [1.165, 1.54) is 0 Å². The van der Waals surface area contributed by atoms with Crippen LogP contribution in [0.15, 0.2) is 36.4 Å². The molecule has 0 spiro atoms. The fourth-order valence-corrected chi connectivity index (χ4v) is 2.31. The SMILES string of the molecule is N#Cc1ccc(Nc2ccc3c(c2)OCCCO3)cc1Cl. The standard InChI is InChI=1S/C16H13ClN2O2/c17-14-8-12(3-2-11(14)10-18)19-13-4-5-15-16(9-13)21-7-1-6-20-15/h2-5,8-9,19H,1,6-7H2. The lowest BCUT2D eigenvalue weighted by Gasteiger charge is -2.11. The van der Waals surface area contributed by atoms with Gasteiger partial charge in [-0.3, -0.25) is 0 Å². The second-order valence-electron chi connectivity index (χ2n) is 4.64. The molecule has 0 atom stereocenters. The third-order valence-electron chi connectivity index (χ3n) is 3.13. The summed E-state index contributed by atoms with van der Waals surface area (Å²) >= 11 is 6.03. The van der Waals surface area contributed by atoms with E-state index in [-0.39, 0.29) is 0 Å². The van der Waals surface area contributed by atoms with E-state index >= 15 is 0 Å². The molecule has 0 unspecified atom stereocenters. The van der Waals surface area contributed by atoms with Crippen LogP contribution in [0.3, 0.4) is 0 Å². The van der Waals surface area contributed by atoms with Gasteiger partial charge in [0.1, 0.15) is 6.07 Å². The van der Waals surface area contributed by atoms with Gasteiger partial charge in [0, 0.05) is 23.9 Å². The molecule has 5 heteroatoms. The maximum absolute atomic E-state index is 8.87. The quantitative estimate of drug-likeness (QED) is 0.906. The van der Waals surface area contributed by atoms with Gasteiger partial charge in [-0.05, 0) is 30.3 Å². The number of fused-ring (bicyclic) bond motifs is 1. The zero-order valence-electron chi connectivity index (χ0n) is 11.2. The molecule has 0 amide bonds. The number of ether oxygens (including phenoxy) is 2. The second-order valence-corrected chi connectivity index (χ2v) is 5.05. The highest BCUT2D eigenvalue weighted by atomic mass is 35.5. The summed E-state index contributed by atoms with van der Waals surface area (Å²) in [6, 6.07) is 13.0. The van der Waals surface area contributed by atoms with Crippen molar-refractivity contribution in [3.8, 4) is 17.6 Å². The monoisotopic (exact) mass is 300 g/mol. The van der Waals surface area contributed by atoms with Gasteiger partial charge in [-0.2, -0.15) is 5.26 Å². The van der Waals surface area contributed by atoms with E-state index in [4.69, 9.17) is 26.3 Å². The molecule has 0 bridgehead atoms. The Labute approximate surface area is 127 Å². The maximum atomic E-state index is 8.87. The minimum Gasteiger partial charge on any atom is -0.490 e. The summed E-state index contributed by atoms with van der Waals surface area (Å²) in [6.07, 6.45) is 0.878. The van der Waals surface area contributed by atoms with Gasteiger partial charge in [0.2, 0.25) is 0 Å². The van der Waals surface area contributed by atoms with Crippen LogP contribution in [0.25, 0.3) is 0 Å². The molecular formula is C16H13ClN2O2. The predicted molar refractivity (Wildman–Crippen MR) is 81.5 cm³/mol. The van der Waals surface area contributed by atoms with Gasteiger partial charge in [-0.1, -0.05) is 11.6 Å². The highest BCUT2D eigenvalue weighted by Gasteiger charge is 2.11. The van der Waals surface area contributed by atoms with Crippen LogP contribution in [0.1, 0.15) is 12.0 Å². The number of anilines is 2. The van der Waals surface area contributed by atoms with Gasteiger partial charge < -0.3 is 14.8 Å². The van der Waals surface area contributed by atoms with Crippen LogP contribution in [-0.4, -0.2) is 13.2 Å². The summed E-state index contributed by atoms with van der Waals surface area (Å²) in [5, 5.41) is 12.5. The number of nitriles is 1. The molecule has 2 aromatic carbocycles. The lowest BCUT2D eigenvalue weighted by molar-refractivity contribution is 0.297. The summed E-state index contributed by atoms with van der Waals surface area (Å²) < 4.78 is 11.2. The van der Waals surface area contributed by atoms with Crippen molar-refractivity contribution >= 4 is 23.0 Å². The van der Waals surface area contributed by atoms with Crippen molar-refractivity contribution in [2.45, 2.75) is 6.42 Å². The summed E-state index contributed by atoms with van der Waals surface area (Å²) in [6.45, 7) is 1.32. The third-order valence-corrected chi connectivity index (χ3v) is 3.44. The molecule has 0 aliphatic carbocycles. The molecule has 21 heavy (non-hydrogen) atoms. The van der Waals surface area contributed by atoms with Crippen LogP contribution >= 0.6 is 11.6 Å². The third kappa shape index (κ3) is 3.04. The molecule has 4 nitrogen and oxygen atoms in total. The van der Waals surface area contributed by atoms with Crippen LogP contribution in [0.2, 0.25) is 5.02 Å². The summed E-state index contributed by atoms with van der Waals surface area (Å²) in [4.78, 5) is 0. The fraction of sp³-hybridized carbons (Fsp3) is 0.188. The number of hydrogen-bond acceptors (Lipinski definition) is 4. The molecule has 0 saturated heterocycles. The second kappa shape index (κ2) is 5.94. The lowest BCUT2D eigenvalue weighted by atomic mass is 10.2. The Morgan fingerprint density at radius 2 is 1.71 bits per heavy atom. The predicted octanol–water partition coefficient (Wildman–Crippen LogP) is 4.12. The smallest absolute Gasteiger partial charge is 0.163 e. The highest BCUT2D eigenvalue weighted by Crippen LogP contribution is 2.33. The zero-order chi connectivity index (χ0) is 14.7. The molecule has 0 radical (unpaired) electrons. The first kappa shape index (κ1) is 13.6.